The topological polar surface area (TPSA) is 64.4 Å². The summed E-state index contributed by atoms with van der Waals surface area (Å²) >= 11 is 0. The van der Waals surface area contributed by atoms with Crippen molar-refractivity contribution < 1.29 is 14.6 Å². The Bertz CT molecular complexity index is 1530. The molecule has 0 saturated carbocycles. The van der Waals surface area contributed by atoms with Gasteiger partial charge >= 0.3 is 5.97 Å². The first-order chi connectivity index (χ1) is 17.6. The summed E-state index contributed by atoms with van der Waals surface area (Å²) < 4.78 is 7.71. The summed E-state index contributed by atoms with van der Waals surface area (Å²) in [4.78, 5) is 16.6. The fourth-order valence-electron chi connectivity index (χ4n) is 4.64. The first-order valence-corrected chi connectivity index (χ1v) is 12.1. The third kappa shape index (κ3) is 4.60. The molecule has 5 rings (SSSR count). The van der Waals surface area contributed by atoms with Crippen LogP contribution in [0.3, 0.4) is 0 Å². The van der Waals surface area contributed by atoms with Gasteiger partial charge in [0.25, 0.3) is 0 Å². The van der Waals surface area contributed by atoms with Gasteiger partial charge in [-0.3, -0.25) is 0 Å². The van der Waals surface area contributed by atoms with Crippen molar-refractivity contribution in [2.75, 3.05) is 7.11 Å². The predicted octanol–water partition coefficient (Wildman–Crippen LogP) is 7.08. The van der Waals surface area contributed by atoms with Gasteiger partial charge in [-0.25, -0.2) is 9.78 Å². The molecule has 0 amide bonds. The minimum absolute atomic E-state index is 0.307. The van der Waals surface area contributed by atoms with E-state index in [2.05, 4.69) is 47.9 Å². The van der Waals surface area contributed by atoms with Crippen molar-refractivity contribution in [2.45, 2.75) is 26.3 Å². The number of fused-ring (bicyclic) bond motifs is 1. The average Bonchev–Trinajstić information content (AvgIpc) is 3.25. The Kier molecular flexibility index (Phi) is 6.54. The summed E-state index contributed by atoms with van der Waals surface area (Å²) in [6, 6.07) is 29.7. The number of carbonyl (C=O) groups is 1. The lowest BCUT2D eigenvalue weighted by atomic mass is 9.98. The maximum absolute atomic E-state index is 11.6. The molecule has 0 fully saturated rings. The largest absolute Gasteiger partial charge is 0.497 e. The van der Waals surface area contributed by atoms with Crippen LogP contribution in [0.5, 0.6) is 5.75 Å². The van der Waals surface area contributed by atoms with Gasteiger partial charge in [0, 0.05) is 13.0 Å². The van der Waals surface area contributed by atoms with Crippen molar-refractivity contribution in [3.63, 3.8) is 0 Å². The van der Waals surface area contributed by atoms with Crippen LogP contribution in [-0.2, 0) is 13.0 Å². The molecule has 4 aromatic carbocycles. The number of aromatic carboxylic acids is 1. The van der Waals surface area contributed by atoms with Crippen LogP contribution in [0.15, 0.2) is 91.0 Å². The number of methoxy groups -OCH3 is 1. The number of aromatic nitrogens is 2. The maximum Gasteiger partial charge on any atom is 0.336 e. The molecule has 5 aromatic rings. The molecule has 0 unspecified atom stereocenters. The average molecular weight is 477 g/mol. The van der Waals surface area contributed by atoms with Gasteiger partial charge in [-0.15, -0.1) is 0 Å². The zero-order valence-electron chi connectivity index (χ0n) is 20.4. The number of hydrogen-bond donors (Lipinski definition) is 1. The highest BCUT2D eigenvalue weighted by Gasteiger charge is 2.14. The van der Waals surface area contributed by atoms with Gasteiger partial charge in [-0.1, -0.05) is 67.6 Å². The van der Waals surface area contributed by atoms with Gasteiger partial charge in [-0.2, -0.15) is 0 Å². The highest BCUT2D eigenvalue weighted by Crippen LogP contribution is 2.29. The zero-order valence-corrected chi connectivity index (χ0v) is 20.4. The van der Waals surface area contributed by atoms with E-state index in [1.165, 1.54) is 0 Å². The molecule has 0 aliphatic carbocycles. The predicted molar refractivity (Wildman–Crippen MR) is 144 cm³/mol. The highest BCUT2D eigenvalue weighted by atomic mass is 16.5. The van der Waals surface area contributed by atoms with E-state index >= 15 is 0 Å². The number of aryl methyl sites for hydroxylation is 1. The Morgan fingerprint density at radius 1 is 0.889 bits per heavy atom. The van der Waals surface area contributed by atoms with Crippen molar-refractivity contribution in [3.8, 4) is 28.0 Å². The number of hydrogen-bond acceptors (Lipinski definition) is 3. The van der Waals surface area contributed by atoms with Crippen LogP contribution in [-0.4, -0.2) is 27.7 Å². The van der Waals surface area contributed by atoms with Crippen LogP contribution in [0.1, 0.15) is 35.1 Å². The molecular weight excluding hydrogens is 448 g/mol. The summed E-state index contributed by atoms with van der Waals surface area (Å²) in [7, 11) is 1.68. The van der Waals surface area contributed by atoms with Crippen molar-refractivity contribution in [3.05, 3.63) is 108 Å². The molecule has 0 bridgehead atoms. The molecule has 5 heteroatoms. The first-order valence-electron chi connectivity index (χ1n) is 12.1. The number of nitrogens with zero attached hydrogens (tertiary/aromatic N) is 2. The number of ether oxygens (including phenoxy) is 1. The van der Waals surface area contributed by atoms with Gasteiger partial charge < -0.3 is 14.4 Å². The fraction of sp³-hybridized carbons (Fsp3) is 0.161. The summed E-state index contributed by atoms with van der Waals surface area (Å²) in [5.41, 5.74) is 7.35. The van der Waals surface area contributed by atoms with E-state index in [0.717, 1.165) is 63.3 Å². The van der Waals surface area contributed by atoms with Gasteiger partial charge in [0.2, 0.25) is 0 Å². The van der Waals surface area contributed by atoms with Gasteiger partial charge in [0.05, 0.1) is 23.7 Å². The van der Waals surface area contributed by atoms with E-state index in [4.69, 9.17) is 9.72 Å². The van der Waals surface area contributed by atoms with Crippen LogP contribution in [0, 0.1) is 0 Å². The molecule has 0 aliphatic rings. The Balaban J connectivity index is 1.52. The lowest BCUT2D eigenvalue weighted by molar-refractivity contribution is 0.0697. The smallest absolute Gasteiger partial charge is 0.336 e. The van der Waals surface area contributed by atoms with Crippen molar-refractivity contribution in [2.24, 2.45) is 0 Å². The quantitative estimate of drug-likeness (QED) is 0.260. The lowest BCUT2D eigenvalue weighted by Gasteiger charge is -2.12. The van der Waals surface area contributed by atoms with Gasteiger partial charge in [-0.05, 0) is 64.6 Å². The van der Waals surface area contributed by atoms with Crippen molar-refractivity contribution in [1.82, 2.24) is 9.55 Å². The number of carboxylic acids is 1. The number of imidazole rings is 1. The second-order valence-electron chi connectivity index (χ2n) is 8.85. The maximum atomic E-state index is 11.6. The third-order valence-corrected chi connectivity index (χ3v) is 6.47. The van der Waals surface area contributed by atoms with Gasteiger partial charge in [0.15, 0.2) is 0 Å². The Morgan fingerprint density at radius 3 is 2.39 bits per heavy atom. The molecule has 0 radical (unpaired) electrons. The fourth-order valence-corrected chi connectivity index (χ4v) is 4.64. The van der Waals surface area contributed by atoms with Gasteiger partial charge in [0.1, 0.15) is 11.6 Å². The Hall–Kier alpha value is -4.38. The summed E-state index contributed by atoms with van der Waals surface area (Å²) in [5, 5.41) is 9.55. The second kappa shape index (κ2) is 10.1. The second-order valence-corrected chi connectivity index (χ2v) is 8.85. The Morgan fingerprint density at radius 2 is 1.64 bits per heavy atom. The molecule has 5 nitrogen and oxygen atoms in total. The van der Waals surface area contributed by atoms with Crippen LogP contribution in [0.2, 0.25) is 0 Å². The highest BCUT2D eigenvalue weighted by molar-refractivity contribution is 5.96. The van der Waals surface area contributed by atoms with Crippen LogP contribution in [0.25, 0.3) is 33.3 Å². The van der Waals surface area contributed by atoms with E-state index < -0.39 is 5.97 Å². The molecule has 0 saturated heterocycles. The number of carboxylic acid groups (broad SMARTS) is 1. The van der Waals surface area contributed by atoms with E-state index in [-0.39, 0.29) is 0 Å². The first kappa shape index (κ1) is 23.4. The van der Waals surface area contributed by atoms with Crippen LogP contribution < -0.4 is 4.74 Å². The number of rotatable bonds is 8. The lowest BCUT2D eigenvalue weighted by Crippen LogP contribution is -2.05. The molecule has 0 aliphatic heterocycles. The minimum Gasteiger partial charge on any atom is -0.497 e. The molecule has 0 spiro atoms. The molecule has 1 N–H and O–H groups in total. The van der Waals surface area contributed by atoms with E-state index in [9.17, 15) is 9.90 Å². The standard InChI is InChI=1S/C31H28N2O3/c1-3-7-30-32-28-17-16-24(23-8-6-9-25(18-23)36-2)19-29(28)33(30)20-21-12-14-22(15-13-21)26-10-4-5-11-27(26)31(34)35/h4-6,8-19H,3,7,20H2,1-2H3,(H,34,35). The molecular formula is C31H28N2O3. The molecule has 0 atom stereocenters. The Labute approximate surface area is 210 Å². The van der Waals surface area contributed by atoms with Crippen molar-refractivity contribution in [1.29, 1.82) is 0 Å². The summed E-state index contributed by atoms with van der Waals surface area (Å²) in [6.45, 7) is 2.86. The van der Waals surface area contributed by atoms with Crippen molar-refractivity contribution >= 4 is 17.0 Å². The zero-order chi connectivity index (χ0) is 25.1. The van der Waals surface area contributed by atoms with E-state index in [1.54, 1.807) is 19.2 Å². The van der Waals surface area contributed by atoms with Crippen LogP contribution >= 0.6 is 0 Å². The molecule has 180 valence electrons. The molecule has 1 heterocycles. The van der Waals surface area contributed by atoms with E-state index in [1.807, 2.05) is 42.5 Å². The SMILES string of the molecule is CCCc1nc2ccc(-c3cccc(OC)c3)cc2n1Cc1ccc(-c2ccccc2C(=O)O)cc1. The number of benzene rings is 4. The molecule has 1 aromatic heterocycles. The minimum atomic E-state index is -0.921. The third-order valence-electron chi connectivity index (χ3n) is 6.47. The normalized spacial score (nSPS) is 11.1. The summed E-state index contributed by atoms with van der Waals surface area (Å²) in [5.74, 6) is 0.975. The molecule has 36 heavy (non-hydrogen) atoms. The van der Waals surface area contributed by atoms with Crippen LogP contribution in [0.4, 0.5) is 0 Å². The monoisotopic (exact) mass is 476 g/mol. The summed E-state index contributed by atoms with van der Waals surface area (Å²) in [6.07, 6.45) is 1.91. The van der Waals surface area contributed by atoms with E-state index in [0.29, 0.717) is 12.1 Å².